The SMILES string of the molecule is CCCCC(CC)CNC(=O)NC1CCN(C(=O)OCC)CC1. The van der Waals surface area contributed by atoms with Gasteiger partial charge in [-0.1, -0.05) is 33.1 Å². The average Bonchev–Trinajstić information content (AvgIpc) is 2.56. The molecule has 1 aliphatic heterocycles. The molecule has 1 saturated heterocycles. The quantitative estimate of drug-likeness (QED) is 0.719. The number of hydrogen-bond donors (Lipinski definition) is 2. The molecule has 0 aromatic heterocycles. The van der Waals surface area contributed by atoms with E-state index in [1.54, 1.807) is 11.8 Å². The Hall–Kier alpha value is -1.46. The van der Waals surface area contributed by atoms with Crippen molar-refractivity contribution in [2.75, 3.05) is 26.2 Å². The summed E-state index contributed by atoms with van der Waals surface area (Å²) in [4.78, 5) is 25.3. The van der Waals surface area contributed by atoms with Gasteiger partial charge < -0.3 is 20.3 Å². The molecule has 3 amide bonds. The normalized spacial score (nSPS) is 16.7. The van der Waals surface area contributed by atoms with Gasteiger partial charge in [0.05, 0.1) is 6.61 Å². The molecule has 6 nitrogen and oxygen atoms in total. The number of rotatable bonds is 8. The number of urea groups is 1. The van der Waals surface area contributed by atoms with Gasteiger partial charge in [0.25, 0.3) is 0 Å². The molecule has 0 radical (unpaired) electrons. The van der Waals surface area contributed by atoms with Crippen LogP contribution in [0.2, 0.25) is 0 Å². The Kier molecular flexibility index (Phi) is 9.48. The maximum atomic E-state index is 12.0. The summed E-state index contributed by atoms with van der Waals surface area (Å²) in [7, 11) is 0. The summed E-state index contributed by atoms with van der Waals surface area (Å²) in [5.41, 5.74) is 0. The number of ether oxygens (including phenoxy) is 1. The predicted molar refractivity (Wildman–Crippen MR) is 91.5 cm³/mol. The van der Waals surface area contributed by atoms with Crippen molar-refractivity contribution in [3.63, 3.8) is 0 Å². The van der Waals surface area contributed by atoms with Crippen molar-refractivity contribution in [2.24, 2.45) is 5.92 Å². The van der Waals surface area contributed by atoms with E-state index in [-0.39, 0.29) is 18.2 Å². The second-order valence-electron chi connectivity index (χ2n) is 6.23. The number of amides is 3. The van der Waals surface area contributed by atoms with Gasteiger partial charge >= 0.3 is 12.1 Å². The molecule has 134 valence electrons. The first-order chi connectivity index (χ1) is 11.1. The number of nitrogens with zero attached hydrogens (tertiary/aromatic N) is 1. The number of piperidine rings is 1. The minimum absolute atomic E-state index is 0.0884. The first kappa shape index (κ1) is 19.6. The molecule has 0 aromatic rings. The zero-order chi connectivity index (χ0) is 17.1. The van der Waals surface area contributed by atoms with Gasteiger partial charge in [-0.2, -0.15) is 0 Å². The van der Waals surface area contributed by atoms with E-state index in [2.05, 4.69) is 24.5 Å². The van der Waals surface area contributed by atoms with Gasteiger partial charge in [0, 0.05) is 25.7 Å². The van der Waals surface area contributed by atoms with Crippen LogP contribution in [0, 0.1) is 5.92 Å². The summed E-state index contributed by atoms with van der Waals surface area (Å²) in [6, 6.07) is 0.0472. The van der Waals surface area contributed by atoms with Crippen LogP contribution in [0.4, 0.5) is 9.59 Å². The van der Waals surface area contributed by atoms with Gasteiger partial charge in [-0.05, 0) is 32.1 Å². The van der Waals surface area contributed by atoms with Crippen molar-refractivity contribution in [2.45, 2.75) is 65.3 Å². The molecule has 6 heteroatoms. The number of unbranched alkanes of at least 4 members (excludes halogenated alkanes) is 1. The molecule has 1 atom stereocenters. The van der Waals surface area contributed by atoms with E-state index in [1.165, 1.54) is 19.3 Å². The van der Waals surface area contributed by atoms with E-state index in [0.29, 0.717) is 25.6 Å². The minimum atomic E-state index is -0.253. The summed E-state index contributed by atoms with van der Waals surface area (Å²) in [6.45, 7) is 8.58. The van der Waals surface area contributed by atoms with E-state index in [4.69, 9.17) is 4.74 Å². The van der Waals surface area contributed by atoms with Gasteiger partial charge in [0.15, 0.2) is 0 Å². The van der Waals surface area contributed by atoms with Crippen LogP contribution < -0.4 is 10.6 Å². The fraction of sp³-hybridized carbons (Fsp3) is 0.882. The summed E-state index contributed by atoms with van der Waals surface area (Å²) in [6.07, 6.45) is 5.98. The molecule has 0 aromatic carbocycles. The van der Waals surface area contributed by atoms with Crippen molar-refractivity contribution in [3.05, 3.63) is 0 Å². The number of carbonyl (C=O) groups is 2. The summed E-state index contributed by atoms with van der Waals surface area (Å²) in [5, 5.41) is 6.01. The third-order valence-electron chi connectivity index (χ3n) is 4.45. The molecule has 0 saturated carbocycles. The van der Waals surface area contributed by atoms with Gasteiger partial charge in [0.1, 0.15) is 0 Å². The molecule has 1 heterocycles. The highest BCUT2D eigenvalue weighted by Crippen LogP contribution is 2.12. The fourth-order valence-corrected chi connectivity index (χ4v) is 2.84. The van der Waals surface area contributed by atoms with E-state index < -0.39 is 0 Å². The third-order valence-corrected chi connectivity index (χ3v) is 4.45. The lowest BCUT2D eigenvalue weighted by Crippen LogP contribution is -2.49. The molecular weight excluding hydrogens is 294 g/mol. The minimum Gasteiger partial charge on any atom is -0.450 e. The lowest BCUT2D eigenvalue weighted by molar-refractivity contribution is 0.0957. The van der Waals surface area contributed by atoms with Crippen molar-refractivity contribution in [1.29, 1.82) is 0 Å². The second-order valence-corrected chi connectivity index (χ2v) is 6.23. The Balaban J connectivity index is 2.22. The number of likely N-dealkylation sites (tertiary alicyclic amines) is 1. The molecule has 1 unspecified atom stereocenters. The molecule has 0 spiro atoms. The van der Waals surface area contributed by atoms with Gasteiger partial charge in [-0.25, -0.2) is 9.59 Å². The van der Waals surface area contributed by atoms with Gasteiger partial charge in [-0.15, -0.1) is 0 Å². The number of carbonyl (C=O) groups excluding carboxylic acids is 2. The van der Waals surface area contributed by atoms with Crippen LogP contribution in [0.1, 0.15) is 59.3 Å². The smallest absolute Gasteiger partial charge is 0.409 e. The van der Waals surface area contributed by atoms with Crippen molar-refractivity contribution < 1.29 is 14.3 Å². The van der Waals surface area contributed by atoms with E-state index in [1.807, 2.05) is 0 Å². The van der Waals surface area contributed by atoms with Crippen molar-refractivity contribution in [1.82, 2.24) is 15.5 Å². The van der Waals surface area contributed by atoms with Gasteiger partial charge in [-0.3, -0.25) is 0 Å². The molecule has 0 aliphatic carbocycles. The highest BCUT2D eigenvalue weighted by Gasteiger charge is 2.24. The maximum Gasteiger partial charge on any atom is 0.409 e. The van der Waals surface area contributed by atoms with Crippen molar-refractivity contribution in [3.8, 4) is 0 Å². The topological polar surface area (TPSA) is 70.7 Å². The van der Waals surface area contributed by atoms with Crippen LogP contribution in [-0.4, -0.2) is 49.3 Å². The summed E-state index contributed by atoms with van der Waals surface area (Å²) in [5.74, 6) is 0.561. The summed E-state index contributed by atoms with van der Waals surface area (Å²) < 4.78 is 4.99. The molecule has 1 rings (SSSR count). The molecule has 1 fully saturated rings. The Labute approximate surface area is 140 Å². The van der Waals surface area contributed by atoms with E-state index in [0.717, 1.165) is 25.8 Å². The highest BCUT2D eigenvalue weighted by molar-refractivity contribution is 5.74. The number of nitrogens with one attached hydrogen (secondary N) is 2. The molecule has 1 aliphatic rings. The standard InChI is InChI=1S/C17H33N3O3/c1-4-7-8-14(5-2)13-18-16(21)19-15-9-11-20(12-10-15)17(22)23-6-3/h14-15H,4-13H2,1-3H3,(H2,18,19,21). The summed E-state index contributed by atoms with van der Waals surface area (Å²) >= 11 is 0. The maximum absolute atomic E-state index is 12.0. The lowest BCUT2D eigenvalue weighted by atomic mass is 9.99. The van der Waals surface area contributed by atoms with Crippen LogP contribution in [0.25, 0.3) is 0 Å². The van der Waals surface area contributed by atoms with Crippen LogP contribution in [0.15, 0.2) is 0 Å². The first-order valence-electron chi connectivity index (χ1n) is 9.06. The van der Waals surface area contributed by atoms with Crippen LogP contribution in [0.5, 0.6) is 0 Å². The Morgan fingerprint density at radius 2 is 1.91 bits per heavy atom. The lowest BCUT2D eigenvalue weighted by Gasteiger charge is -2.31. The van der Waals surface area contributed by atoms with Gasteiger partial charge in [0.2, 0.25) is 0 Å². The zero-order valence-electron chi connectivity index (χ0n) is 14.9. The highest BCUT2D eigenvalue weighted by atomic mass is 16.6. The monoisotopic (exact) mass is 327 g/mol. The van der Waals surface area contributed by atoms with E-state index >= 15 is 0 Å². The Morgan fingerprint density at radius 3 is 2.48 bits per heavy atom. The molecule has 0 bridgehead atoms. The molecule has 2 N–H and O–H groups in total. The van der Waals surface area contributed by atoms with Crippen LogP contribution >= 0.6 is 0 Å². The van der Waals surface area contributed by atoms with Crippen molar-refractivity contribution >= 4 is 12.1 Å². The van der Waals surface area contributed by atoms with Crippen LogP contribution in [-0.2, 0) is 4.74 Å². The Morgan fingerprint density at radius 1 is 1.22 bits per heavy atom. The Bertz CT molecular complexity index is 355. The molecular formula is C17H33N3O3. The fourth-order valence-electron chi connectivity index (χ4n) is 2.84. The largest absolute Gasteiger partial charge is 0.450 e. The number of hydrogen-bond acceptors (Lipinski definition) is 3. The predicted octanol–water partition coefficient (Wildman–Crippen LogP) is 3.12. The molecule has 23 heavy (non-hydrogen) atoms. The van der Waals surface area contributed by atoms with Crippen LogP contribution in [0.3, 0.4) is 0 Å². The van der Waals surface area contributed by atoms with E-state index in [9.17, 15) is 9.59 Å². The first-order valence-corrected chi connectivity index (χ1v) is 9.06. The third kappa shape index (κ3) is 7.57. The zero-order valence-corrected chi connectivity index (χ0v) is 14.9. The average molecular weight is 327 g/mol. The second kappa shape index (κ2) is 11.1.